The summed E-state index contributed by atoms with van der Waals surface area (Å²) < 4.78 is 2.77. The van der Waals surface area contributed by atoms with Crippen molar-refractivity contribution in [1.82, 2.24) is 30.0 Å². The molecule has 0 aliphatic carbocycles. The molecule has 3 heterocycles. The molecule has 9 heteroatoms. The Morgan fingerprint density at radius 2 is 2.15 bits per heavy atom. The van der Waals surface area contributed by atoms with Gasteiger partial charge in [0, 0.05) is 13.0 Å². The van der Waals surface area contributed by atoms with E-state index in [2.05, 4.69) is 20.4 Å². The van der Waals surface area contributed by atoms with Gasteiger partial charge >= 0.3 is 6.03 Å². The van der Waals surface area contributed by atoms with Gasteiger partial charge in [-0.25, -0.2) is 19.4 Å². The Balaban J connectivity index is 1.60. The van der Waals surface area contributed by atoms with Gasteiger partial charge in [-0.2, -0.15) is 5.10 Å². The van der Waals surface area contributed by atoms with Crippen molar-refractivity contribution in [2.75, 3.05) is 6.54 Å². The zero-order valence-electron chi connectivity index (χ0n) is 14.5. The number of imide groups is 1. The highest BCUT2D eigenvalue weighted by Gasteiger charge is 2.38. The lowest BCUT2D eigenvalue weighted by atomic mass is 10.2. The van der Waals surface area contributed by atoms with Crippen molar-refractivity contribution in [1.29, 1.82) is 0 Å². The summed E-state index contributed by atoms with van der Waals surface area (Å²) in [5, 5.41) is 8.04. The molecule has 3 amide bonds. The average Bonchev–Trinajstić information content (AvgIpc) is 3.28. The van der Waals surface area contributed by atoms with Gasteiger partial charge in [0.2, 0.25) is 0 Å². The standard InChI is InChI=1S/C17H18N6O2S/c1-3-6-22-16(24)13(21-17(22)25)8-15-18-9-19-23(15)11-4-5-12-14(7-11)26-10(2)20-12/h4-5,7,9,13H,3,6,8H2,1-2H3,(H,21,25)/t13-/m1/s1. The number of nitrogens with zero attached hydrogens (tertiary/aromatic N) is 5. The largest absolute Gasteiger partial charge is 0.325 e. The first kappa shape index (κ1) is 16.6. The molecule has 3 aromatic rings. The maximum atomic E-state index is 12.4. The fourth-order valence-electron chi connectivity index (χ4n) is 3.11. The molecule has 1 aliphatic rings. The molecule has 8 nitrogen and oxygen atoms in total. The van der Waals surface area contributed by atoms with E-state index in [0.717, 1.165) is 27.3 Å². The molecule has 0 bridgehead atoms. The van der Waals surface area contributed by atoms with Gasteiger partial charge in [-0.05, 0) is 31.5 Å². The van der Waals surface area contributed by atoms with Crippen LogP contribution < -0.4 is 5.32 Å². The van der Waals surface area contributed by atoms with Crippen LogP contribution in [-0.4, -0.2) is 49.2 Å². The van der Waals surface area contributed by atoms with Gasteiger partial charge in [-0.3, -0.25) is 9.69 Å². The van der Waals surface area contributed by atoms with E-state index in [4.69, 9.17) is 0 Å². The molecule has 0 saturated carbocycles. The van der Waals surface area contributed by atoms with E-state index in [1.165, 1.54) is 11.2 Å². The Bertz CT molecular complexity index is 994. The number of fused-ring (bicyclic) bond motifs is 1. The Morgan fingerprint density at radius 3 is 2.96 bits per heavy atom. The van der Waals surface area contributed by atoms with Crippen LogP contribution in [0, 0.1) is 6.92 Å². The monoisotopic (exact) mass is 370 g/mol. The smallest absolute Gasteiger partial charge is 0.324 e. The van der Waals surface area contributed by atoms with E-state index in [9.17, 15) is 9.59 Å². The van der Waals surface area contributed by atoms with Crippen LogP contribution in [0.25, 0.3) is 15.9 Å². The topological polar surface area (TPSA) is 93.0 Å². The molecule has 0 radical (unpaired) electrons. The summed E-state index contributed by atoms with van der Waals surface area (Å²) in [6.45, 7) is 4.33. The van der Waals surface area contributed by atoms with Crippen LogP contribution in [0.5, 0.6) is 0 Å². The fraction of sp³-hybridized carbons (Fsp3) is 0.353. The summed E-state index contributed by atoms with van der Waals surface area (Å²) in [5.41, 5.74) is 1.81. The Hall–Kier alpha value is -2.81. The molecule has 26 heavy (non-hydrogen) atoms. The maximum Gasteiger partial charge on any atom is 0.324 e. The van der Waals surface area contributed by atoms with Gasteiger partial charge in [0.15, 0.2) is 0 Å². The van der Waals surface area contributed by atoms with Crippen molar-refractivity contribution in [3.8, 4) is 5.69 Å². The summed E-state index contributed by atoms with van der Waals surface area (Å²) in [5.74, 6) is 0.419. The normalized spacial score (nSPS) is 17.3. The van der Waals surface area contributed by atoms with E-state index in [1.54, 1.807) is 16.0 Å². The molecule has 1 N–H and O–H groups in total. The number of hydrogen-bond donors (Lipinski definition) is 1. The van der Waals surface area contributed by atoms with Gasteiger partial charge < -0.3 is 5.32 Å². The van der Waals surface area contributed by atoms with Crippen LogP contribution >= 0.6 is 11.3 Å². The highest BCUT2D eigenvalue weighted by Crippen LogP contribution is 2.24. The fourth-order valence-corrected chi connectivity index (χ4v) is 3.97. The Labute approximate surface area is 153 Å². The number of aromatic nitrogens is 4. The highest BCUT2D eigenvalue weighted by molar-refractivity contribution is 7.18. The zero-order chi connectivity index (χ0) is 18.3. The number of rotatable bonds is 5. The van der Waals surface area contributed by atoms with E-state index < -0.39 is 6.04 Å². The number of hydrogen-bond acceptors (Lipinski definition) is 6. The second-order valence-electron chi connectivity index (χ2n) is 6.17. The number of benzene rings is 1. The molecular weight excluding hydrogens is 352 g/mol. The SMILES string of the molecule is CCCN1C(=O)N[C@H](Cc2ncnn2-c2ccc3nc(C)sc3c2)C1=O. The molecular formula is C17H18N6O2S. The number of aryl methyl sites for hydroxylation is 1. The third-order valence-corrected chi connectivity index (χ3v) is 5.22. The minimum atomic E-state index is -0.605. The Morgan fingerprint density at radius 1 is 1.31 bits per heavy atom. The van der Waals surface area contributed by atoms with Gasteiger partial charge in [0.1, 0.15) is 18.2 Å². The van der Waals surface area contributed by atoms with E-state index in [-0.39, 0.29) is 11.9 Å². The van der Waals surface area contributed by atoms with Crippen LogP contribution in [-0.2, 0) is 11.2 Å². The van der Waals surface area contributed by atoms with Gasteiger partial charge in [0.05, 0.1) is 20.9 Å². The van der Waals surface area contributed by atoms with Crippen LogP contribution in [0.3, 0.4) is 0 Å². The van der Waals surface area contributed by atoms with Crippen molar-refractivity contribution < 1.29 is 9.59 Å². The van der Waals surface area contributed by atoms with E-state index >= 15 is 0 Å². The maximum absolute atomic E-state index is 12.4. The second kappa shape index (κ2) is 6.49. The van der Waals surface area contributed by atoms with Crippen LogP contribution in [0.15, 0.2) is 24.5 Å². The van der Waals surface area contributed by atoms with Crippen molar-refractivity contribution in [2.45, 2.75) is 32.7 Å². The van der Waals surface area contributed by atoms with Crippen molar-refractivity contribution in [2.24, 2.45) is 0 Å². The first-order chi connectivity index (χ1) is 12.6. The van der Waals surface area contributed by atoms with Crippen molar-refractivity contribution in [3.63, 3.8) is 0 Å². The number of urea groups is 1. The number of nitrogens with one attached hydrogen (secondary N) is 1. The van der Waals surface area contributed by atoms with E-state index in [0.29, 0.717) is 18.8 Å². The number of thiazole rings is 1. The molecule has 1 fully saturated rings. The summed E-state index contributed by atoms with van der Waals surface area (Å²) in [7, 11) is 0. The van der Waals surface area contributed by atoms with Crippen molar-refractivity contribution in [3.05, 3.63) is 35.4 Å². The molecule has 0 spiro atoms. The lowest BCUT2D eigenvalue weighted by Gasteiger charge is -2.11. The number of amides is 3. The summed E-state index contributed by atoms with van der Waals surface area (Å²) in [4.78, 5) is 34.4. The van der Waals surface area contributed by atoms with Crippen LogP contribution in [0.1, 0.15) is 24.2 Å². The molecule has 1 aliphatic heterocycles. The third kappa shape index (κ3) is 2.84. The predicted octanol–water partition coefficient (Wildman–Crippen LogP) is 2.06. The Kier molecular flexibility index (Phi) is 4.15. The predicted molar refractivity (Wildman–Crippen MR) is 97.3 cm³/mol. The van der Waals surface area contributed by atoms with Crippen LogP contribution in [0.2, 0.25) is 0 Å². The quantitative estimate of drug-likeness (QED) is 0.694. The summed E-state index contributed by atoms with van der Waals surface area (Å²) >= 11 is 1.62. The summed E-state index contributed by atoms with van der Waals surface area (Å²) in [6.07, 6.45) is 2.49. The number of carbonyl (C=O) groups is 2. The third-order valence-electron chi connectivity index (χ3n) is 4.28. The van der Waals surface area contributed by atoms with Crippen LogP contribution in [0.4, 0.5) is 4.79 Å². The summed E-state index contributed by atoms with van der Waals surface area (Å²) in [6, 6.07) is 4.95. The molecule has 1 saturated heterocycles. The molecule has 2 aromatic heterocycles. The molecule has 1 atom stereocenters. The zero-order valence-corrected chi connectivity index (χ0v) is 15.3. The van der Waals surface area contributed by atoms with Gasteiger partial charge in [-0.1, -0.05) is 6.92 Å². The molecule has 0 unspecified atom stereocenters. The lowest BCUT2D eigenvalue weighted by molar-refractivity contribution is -0.127. The van der Waals surface area contributed by atoms with E-state index in [1.807, 2.05) is 32.0 Å². The molecule has 1 aromatic carbocycles. The van der Waals surface area contributed by atoms with Crippen molar-refractivity contribution >= 4 is 33.5 Å². The lowest BCUT2D eigenvalue weighted by Crippen LogP contribution is -2.33. The minimum Gasteiger partial charge on any atom is -0.325 e. The van der Waals surface area contributed by atoms with Gasteiger partial charge in [-0.15, -0.1) is 11.3 Å². The highest BCUT2D eigenvalue weighted by atomic mass is 32.1. The second-order valence-corrected chi connectivity index (χ2v) is 7.40. The molecule has 134 valence electrons. The average molecular weight is 370 g/mol. The first-order valence-corrected chi connectivity index (χ1v) is 9.27. The number of carbonyl (C=O) groups excluding carboxylic acids is 2. The minimum absolute atomic E-state index is 0.208. The first-order valence-electron chi connectivity index (χ1n) is 8.45. The van der Waals surface area contributed by atoms with Gasteiger partial charge in [0.25, 0.3) is 5.91 Å². The molecule has 4 rings (SSSR count).